The smallest absolute Gasteiger partial charge is 0.257 e. The Hall–Kier alpha value is -3.25. The van der Waals surface area contributed by atoms with Gasteiger partial charge in [0.2, 0.25) is 11.8 Å². The van der Waals surface area contributed by atoms with Crippen LogP contribution < -0.4 is 4.90 Å². The Balaban J connectivity index is 1.61. The van der Waals surface area contributed by atoms with Crippen LogP contribution in [0.5, 0.6) is 0 Å². The molecule has 0 N–H and O–H groups in total. The van der Waals surface area contributed by atoms with Gasteiger partial charge in [-0.2, -0.15) is 0 Å². The standard InChI is InChI=1S/C24H22N2O3S/c1-17-9-11-19(12-10-17)26-23(28)15-21(24(26)29)25(16-20-8-5-13-30-20)22(27)14-18-6-3-2-4-7-18/h2-13,21H,14-16H2,1H3. The number of carbonyl (C=O) groups excluding carboxylic acids is 3. The van der Waals surface area contributed by atoms with Crippen LogP contribution in [-0.2, 0) is 27.3 Å². The van der Waals surface area contributed by atoms with Gasteiger partial charge < -0.3 is 4.90 Å². The van der Waals surface area contributed by atoms with Crippen molar-refractivity contribution in [2.45, 2.75) is 32.4 Å². The highest BCUT2D eigenvalue weighted by Gasteiger charge is 2.44. The van der Waals surface area contributed by atoms with Gasteiger partial charge in [-0.25, -0.2) is 4.90 Å². The first-order valence-electron chi connectivity index (χ1n) is 9.82. The number of anilines is 1. The van der Waals surface area contributed by atoms with Crippen molar-refractivity contribution in [2.75, 3.05) is 4.90 Å². The SMILES string of the molecule is Cc1ccc(N2C(=O)CC(N(Cc3cccs3)C(=O)Cc3ccccc3)C2=O)cc1. The molecule has 30 heavy (non-hydrogen) atoms. The molecule has 1 aliphatic heterocycles. The number of amides is 3. The first-order chi connectivity index (χ1) is 14.5. The van der Waals surface area contributed by atoms with Crippen LogP contribution in [0.3, 0.4) is 0 Å². The summed E-state index contributed by atoms with van der Waals surface area (Å²) in [6.45, 7) is 2.26. The van der Waals surface area contributed by atoms with E-state index in [0.717, 1.165) is 16.0 Å². The third kappa shape index (κ3) is 4.19. The molecule has 1 atom stereocenters. The number of hydrogen-bond acceptors (Lipinski definition) is 4. The van der Waals surface area contributed by atoms with E-state index in [1.807, 2.05) is 66.9 Å². The van der Waals surface area contributed by atoms with Gasteiger partial charge in [0.05, 0.1) is 25.1 Å². The molecule has 1 unspecified atom stereocenters. The van der Waals surface area contributed by atoms with Crippen LogP contribution in [-0.4, -0.2) is 28.7 Å². The van der Waals surface area contributed by atoms with Crippen LogP contribution in [0.1, 0.15) is 22.4 Å². The zero-order valence-corrected chi connectivity index (χ0v) is 17.5. The molecule has 1 fully saturated rings. The number of hydrogen-bond donors (Lipinski definition) is 0. The van der Waals surface area contributed by atoms with Crippen LogP contribution >= 0.6 is 11.3 Å². The van der Waals surface area contributed by atoms with E-state index >= 15 is 0 Å². The summed E-state index contributed by atoms with van der Waals surface area (Å²) in [4.78, 5) is 42.9. The number of benzene rings is 2. The molecule has 0 saturated carbocycles. The Kier molecular flexibility index (Phi) is 5.77. The van der Waals surface area contributed by atoms with Crippen molar-refractivity contribution in [2.24, 2.45) is 0 Å². The van der Waals surface area contributed by atoms with E-state index in [1.165, 1.54) is 16.2 Å². The Morgan fingerprint density at radius 1 is 1.03 bits per heavy atom. The Labute approximate surface area is 179 Å². The van der Waals surface area contributed by atoms with Gasteiger partial charge in [0.25, 0.3) is 5.91 Å². The first-order valence-corrected chi connectivity index (χ1v) is 10.7. The topological polar surface area (TPSA) is 57.7 Å². The van der Waals surface area contributed by atoms with Gasteiger partial charge in [0, 0.05) is 4.88 Å². The second-order valence-electron chi connectivity index (χ2n) is 7.39. The highest BCUT2D eigenvalue weighted by Crippen LogP contribution is 2.28. The minimum atomic E-state index is -0.794. The fraction of sp³-hybridized carbons (Fsp3) is 0.208. The summed E-state index contributed by atoms with van der Waals surface area (Å²) in [5.41, 5.74) is 2.47. The van der Waals surface area contributed by atoms with Gasteiger partial charge in [0.1, 0.15) is 6.04 Å². The second kappa shape index (κ2) is 8.63. The molecule has 0 radical (unpaired) electrons. The second-order valence-corrected chi connectivity index (χ2v) is 8.42. The quantitative estimate of drug-likeness (QED) is 0.570. The maximum Gasteiger partial charge on any atom is 0.257 e. The summed E-state index contributed by atoms with van der Waals surface area (Å²) >= 11 is 1.53. The number of rotatable bonds is 6. The van der Waals surface area contributed by atoms with Gasteiger partial charge in [-0.05, 0) is 36.1 Å². The molecule has 2 aromatic carbocycles. The van der Waals surface area contributed by atoms with E-state index < -0.39 is 6.04 Å². The monoisotopic (exact) mass is 418 g/mol. The molecule has 4 rings (SSSR count). The molecule has 0 aliphatic carbocycles. The summed E-state index contributed by atoms with van der Waals surface area (Å²) in [5.74, 6) is -0.786. The summed E-state index contributed by atoms with van der Waals surface area (Å²) in [7, 11) is 0. The van der Waals surface area contributed by atoms with Crippen molar-refractivity contribution in [1.82, 2.24) is 4.90 Å². The lowest BCUT2D eigenvalue weighted by atomic mass is 10.1. The van der Waals surface area contributed by atoms with Gasteiger partial charge >= 0.3 is 0 Å². The largest absolute Gasteiger partial charge is 0.325 e. The van der Waals surface area contributed by atoms with E-state index in [0.29, 0.717) is 12.2 Å². The molecule has 6 heteroatoms. The van der Waals surface area contributed by atoms with E-state index in [2.05, 4.69) is 0 Å². The zero-order valence-electron chi connectivity index (χ0n) is 16.7. The molecule has 3 amide bonds. The molecule has 5 nitrogen and oxygen atoms in total. The highest BCUT2D eigenvalue weighted by atomic mass is 32.1. The molecule has 152 valence electrons. The maximum absolute atomic E-state index is 13.2. The van der Waals surface area contributed by atoms with Crippen molar-refractivity contribution >= 4 is 34.7 Å². The Bertz CT molecular complexity index is 1050. The van der Waals surface area contributed by atoms with E-state index in [-0.39, 0.29) is 30.6 Å². The van der Waals surface area contributed by atoms with Gasteiger partial charge in [-0.1, -0.05) is 54.1 Å². The van der Waals surface area contributed by atoms with Crippen LogP contribution in [0.4, 0.5) is 5.69 Å². The van der Waals surface area contributed by atoms with Crippen molar-refractivity contribution in [3.63, 3.8) is 0 Å². The van der Waals surface area contributed by atoms with Gasteiger partial charge in [0.15, 0.2) is 0 Å². The Morgan fingerprint density at radius 2 is 1.77 bits per heavy atom. The lowest BCUT2D eigenvalue weighted by Crippen LogP contribution is -2.45. The molecule has 1 saturated heterocycles. The van der Waals surface area contributed by atoms with Crippen LogP contribution in [0.25, 0.3) is 0 Å². The van der Waals surface area contributed by atoms with Crippen molar-refractivity contribution in [3.05, 3.63) is 88.1 Å². The minimum Gasteiger partial charge on any atom is -0.325 e. The third-order valence-electron chi connectivity index (χ3n) is 5.22. The molecule has 1 aromatic heterocycles. The average Bonchev–Trinajstić information content (AvgIpc) is 3.35. The summed E-state index contributed by atoms with van der Waals surface area (Å²) in [6.07, 6.45) is 0.188. The first kappa shape index (κ1) is 20.0. The summed E-state index contributed by atoms with van der Waals surface area (Å²) in [6, 6.07) is 19.8. The maximum atomic E-state index is 13.2. The summed E-state index contributed by atoms with van der Waals surface area (Å²) < 4.78 is 0. The fourth-order valence-corrected chi connectivity index (χ4v) is 4.34. The third-order valence-corrected chi connectivity index (χ3v) is 6.08. The minimum absolute atomic E-state index is 0.00137. The van der Waals surface area contributed by atoms with Gasteiger partial charge in [-0.15, -0.1) is 11.3 Å². The molecular weight excluding hydrogens is 396 g/mol. The fourth-order valence-electron chi connectivity index (χ4n) is 3.64. The molecule has 3 aromatic rings. The molecule has 1 aliphatic rings. The lowest BCUT2D eigenvalue weighted by molar-refractivity contribution is -0.138. The van der Waals surface area contributed by atoms with Crippen molar-refractivity contribution in [3.8, 4) is 0 Å². The number of nitrogens with zero attached hydrogens (tertiary/aromatic N) is 2. The van der Waals surface area contributed by atoms with Gasteiger partial charge in [-0.3, -0.25) is 14.4 Å². The molecule has 2 heterocycles. The predicted molar refractivity (Wildman–Crippen MR) is 117 cm³/mol. The predicted octanol–water partition coefficient (Wildman–Crippen LogP) is 3.96. The lowest BCUT2D eigenvalue weighted by Gasteiger charge is -2.27. The highest BCUT2D eigenvalue weighted by molar-refractivity contribution is 7.09. The van der Waals surface area contributed by atoms with E-state index in [9.17, 15) is 14.4 Å². The normalized spacial score (nSPS) is 16.2. The number of carbonyl (C=O) groups is 3. The Morgan fingerprint density at radius 3 is 2.43 bits per heavy atom. The van der Waals surface area contributed by atoms with Crippen LogP contribution in [0, 0.1) is 6.92 Å². The molecular formula is C24H22N2O3S. The van der Waals surface area contributed by atoms with E-state index in [1.54, 1.807) is 17.0 Å². The average molecular weight is 419 g/mol. The van der Waals surface area contributed by atoms with E-state index in [4.69, 9.17) is 0 Å². The number of aryl methyl sites for hydroxylation is 1. The van der Waals surface area contributed by atoms with Crippen LogP contribution in [0.15, 0.2) is 72.1 Å². The van der Waals surface area contributed by atoms with Crippen LogP contribution in [0.2, 0.25) is 0 Å². The zero-order chi connectivity index (χ0) is 21.1. The number of thiophene rings is 1. The number of imide groups is 1. The van der Waals surface area contributed by atoms with Crippen molar-refractivity contribution < 1.29 is 14.4 Å². The summed E-state index contributed by atoms with van der Waals surface area (Å²) in [5, 5.41) is 1.94. The molecule has 0 spiro atoms. The van der Waals surface area contributed by atoms with Crippen molar-refractivity contribution in [1.29, 1.82) is 0 Å². The molecule has 0 bridgehead atoms.